The first-order valence-corrected chi connectivity index (χ1v) is 9.36. The first-order valence-electron chi connectivity index (χ1n) is 9.36. The highest BCUT2D eigenvalue weighted by atomic mass is 16.5. The second kappa shape index (κ2) is 7.89. The quantitative estimate of drug-likeness (QED) is 0.863. The molecule has 1 saturated carbocycles. The summed E-state index contributed by atoms with van der Waals surface area (Å²) in [7, 11) is 0. The van der Waals surface area contributed by atoms with Crippen LogP contribution in [0.2, 0.25) is 0 Å². The lowest BCUT2D eigenvalue weighted by Gasteiger charge is -2.21. The molecular formula is C20H28N2O3. The lowest BCUT2D eigenvalue weighted by Crippen LogP contribution is -2.35. The molecule has 1 N–H and O–H groups in total. The van der Waals surface area contributed by atoms with E-state index in [9.17, 15) is 9.59 Å². The third kappa shape index (κ3) is 4.33. The number of likely N-dealkylation sites (tertiary alicyclic amines) is 1. The van der Waals surface area contributed by atoms with Crippen LogP contribution in [0.3, 0.4) is 0 Å². The minimum Gasteiger partial charge on any atom is -0.490 e. The molecule has 1 aromatic carbocycles. The number of carbonyl (C=O) groups excluding carboxylic acids is 2. The predicted octanol–water partition coefficient (Wildman–Crippen LogP) is 2.88. The fraction of sp³-hybridized carbons (Fsp3) is 0.600. The molecule has 3 rings (SSSR count). The highest BCUT2D eigenvalue weighted by Crippen LogP contribution is 2.27. The minimum absolute atomic E-state index is 0.0489. The Morgan fingerprint density at radius 1 is 1.28 bits per heavy atom. The molecule has 136 valence electrons. The molecule has 2 amide bonds. The maximum atomic E-state index is 12.5. The highest BCUT2D eigenvalue weighted by molar-refractivity contribution is 5.89. The summed E-state index contributed by atoms with van der Waals surface area (Å²) in [6.45, 7) is 4.92. The van der Waals surface area contributed by atoms with Gasteiger partial charge in [-0.15, -0.1) is 0 Å². The number of nitrogens with one attached hydrogen (secondary N) is 1. The Morgan fingerprint density at radius 2 is 2.00 bits per heavy atom. The number of amides is 2. The van der Waals surface area contributed by atoms with Crippen LogP contribution >= 0.6 is 0 Å². The normalized spacial score (nSPS) is 21.2. The average molecular weight is 344 g/mol. The lowest BCUT2D eigenvalue weighted by atomic mass is 10.1. The molecule has 0 radical (unpaired) electrons. The van der Waals surface area contributed by atoms with Gasteiger partial charge in [0.05, 0.1) is 12.0 Å². The van der Waals surface area contributed by atoms with Crippen LogP contribution in [-0.4, -0.2) is 35.4 Å². The highest BCUT2D eigenvalue weighted by Gasteiger charge is 2.35. The van der Waals surface area contributed by atoms with Crippen LogP contribution < -0.4 is 10.1 Å². The summed E-state index contributed by atoms with van der Waals surface area (Å²) in [5.74, 6) is 0.631. The van der Waals surface area contributed by atoms with Gasteiger partial charge in [-0.05, 0) is 45.6 Å². The SMILES string of the molecule is CC(C)N1C[C@@H](C(=O)NCc2ccccc2OC2CCCC2)CC1=O. The van der Waals surface area contributed by atoms with E-state index in [4.69, 9.17) is 4.74 Å². The Bertz CT molecular complexity index is 623. The van der Waals surface area contributed by atoms with E-state index in [2.05, 4.69) is 5.32 Å². The number of rotatable bonds is 6. The molecule has 1 saturated heterocycles. The zero-order chi connectivity index (χ0) is 17.8. The summed E-state index contributed by atoms with van der Waals surface area (Å²) in [5.41, 5.74) is 0.993. The topological polar surface area (TPSA) is 58.6 Å². The molecule has 5 heteroatoms. The smallest absolute Gasteiger partial charge is 0.225 e. The van der Waals surface area contributed by atoms with E-state index in [-0.39, 0.29) is 23.8 Å². The van der Waals surface area contributed by atoms with Crippen LogP contribution in [0.25, 0.3) is 0 Å². The average Bonchev–Trinajstić information content (AvgIpc) is 3.23. The summed E-state index contributed by atoms with van der Waals surface area (Å²) in [6.07, 6.45) is 5.27. The van der Waals surface area contributed by atoms with Gasteiger partial charge in [-0.3, -0.25) is 9.59 Å². The number of para-hydroxylation sites is 1. The van der Waals surface area contributed by atoms with Gasteiger partial charge >= 0.3 is 0 Å². The van der Waals surface area contributed by atoms with Crippen LogP contribution in [-0.2, 0) is 16.1 Å². The van der Waals surface area contributed by atoms with Crippen molar-refractivity contribution < 1.29 is 14.3 Å². The molecule has 1 heterocycles. The molecule has 1 aliphatic heterocycles. The maximum Gasteiger partial charge on any atom is 0.225 e. The molecule has 0 bridgehead atoms. The molecule has 0 spiro atoms. The van der Waals surface area contributed by atoms with Gasteiger partial charge in [0.25, 0.3) is 0 Å². The van der Waals surface area contributed by atoms with Gasteiger partial charge in [-0.25, -0.2) is 0 Å². The number of nitrogens with zero attached hydrogens (tertiary/aromatic N) is 1. The molecule has 0 unspecified atom stereocenters. The molecule has 1 atom stereocenters. The van der Waals surface area contributed by atoms with E-state index in [1.165, 1.54) is 12.8 Å². The van der Waals surface area contributed by atoms with E-state index in [1.807, 2.05) is 38.1 Å². The maximum absolute atomic E-state index is 12.5. The molecule has 2 fully saturated rings. The van der Waals surface area contributed by atoms with Gasteiger partial charge in [-0.2, -0.15) is 0 Å². The molecule has 2 aliphatic rings. The van der Waals surface area contributed by atoms with E-state index in [0.717, 1.165) is 24.2 Å². The van der Waals surface area contributed by atoms with Crippen molar-refractivity contribution in [1.82, 2.24) is 10.2 Å². The summed E-state index contributed by atoms with van der Waals surface area (Å²) in [6, 6.07) is 8.03. The fourth-order valence-corrected chi connectivity index (χ4v) is 3.68. The fourth-order valence-electron chi connectivity index (χ4n) is 3.68. The third-order valence-electron chi connectivity index (χ3n) is 5.17. The molecule has 0 aromatic heterocycles. The van der Waals surface area contributed by atoms with Gasteiger partial charge in [0, 0.05) is 31.1 Å². The Kier molecular flexibility index (Phi) is 5.61. The minimum atomic E-state index is -0.252. The van der Waals surface area contributed by atoms with Gasteiger partial charge in [0.15, 0.2) is 0 Å². The van der Waals surface area contributed by atoms with E-state index in [0.29, 0.717) is 25.6 Å². The standard InChI is InChI=1S/C20H28N2O3/c1-14(2)22-13-16(11-19(22)23)20(24)21-12-15-7-3-6-10-18(15)25-17-8-4-5-9-17/h3,6-7,10,14,16-17H,4-5,8-9,11-13H2,1-2H3,(H,21,24)/t16-/m0/s1. The van der Waals surface area contributed by atoms with Crippen molar-refractivity contribution >= 4 is 11.8 Å². The van der Waals surface area contributed by atoms with Gasteiger partial charge in [-0.1, -0.05) is 18.2 Å². The predicted molar refractivity (Wildman–Crippen MR) is 96.1 cm³/mol. The van der Waals surface area contributed by atoms with Crippen molar-refractivity contribution in [1.29, 1.82) is 0 Å². The molecule has 1 aliphatic carbocycles. The number of hydrogen-bond acceptors (Lipinski definition) is 3. The lowest BCUT2D eigenvalue weighted by molar-refractivity contribution is -0.130. The van der Waals surface area contributed by atoms with Crippen molar-refractivity contribution in [3.63, 3.8) is 0 Å². The van der Waals surface area contributed by atoms with E-state index < -0.39 is 0 Å². The van der Waals surface area contributed by atoms with E-state index in [1.54, 1.807) is 4.90 Å². The van der Waals surface area contributed by atoms with Crippen LogP contribution in [0, 0.1) is 5.92 Å². The Morgan fingerprint density at radius 3 is 2.68 bits per heavy atom. The van der Waals surface area contributed by atoms with Gasteiger partial charge in [0.1, 0.15) is 5.75 Å². The summed E-state index contributed by atoms with van der Waals surface area (Å²) in [5, 5.41) is 2.99. The van der Waals surface area contributed by atoms with Crippen LogP contribution in [0.4, 0.5) is 0 Å². The molecule has 25 heavy (non-hydrogen) atoms. The summed E-state index contributed by atoms with van der Waals surface area (Å²) >= 11 is 0. The second-order valence-electron chi connectivity index (χ2n) is 7.39. The number of hydrogen-bond donors (Lipinski definition) is 1. The van der Waals surface area contributed by atoms with Crippen molar-refractivity contribution in [3.8, 4) is 5.75 Å². The number of carbonyl (C=O) groups is 2. The first-order chi connectivity index (χ1) is 12.0. The first kappa shape index (κ1) is 17.8. The molecule has 5 nitrogen and oxygen atoms in total. The Hall–Kier alpha value is -2.04. The zero-order valence-corrected chi connectivity index (χ0v) is 15.2. The number of ether oxygens (including phenoxy) is 1. The van der Waals surface area contributed by atoms with Crippen molar-refractivity contribution in [2.24, 2.45) is 5.92 Å². The molecular weight excluding hydrogens is 316 g/mol. The largest absolute Gasteiger partial charge is 0.490 e. The van der Waals surface area contributed by atoms with E-state index >= 15 is 0 Å². The van der Waals surface area contributed by atoms with Gasteiger partial charge in [0.2, 0.25) is 11.8 Å². The van der Waals surface area contributed by atoms with Crippen molar-refractivity contribution in [2.45, 2.75) is 64.6 Å². The monoisotopic (exact) mass is 344 g/mol. The number of benzene rings is 1. The second-order valence-corrected chi connectivity index (χ2v) is 7.39. The Balaban J connectivity index is 1.56. The zero-order valence-electron chi connectivity index (χ0n) is 15.2. The van der Waals surface area contributed by atoms with Crippen LogP contribution in [0.1, 0.15) is 51.5 Å². The summed E-state index contributed by atoms with van der Waals surface area (Å²) in [4.78, 5) is 26.2. The summed E-state index contributed by atoms with van der Waals surface area (Å²) < 4.78 is 6.12. The van der Waals surface area contributed by atoms with Crippen LogP contribution in [0.15, 0.2) is 24.3 Å². The van der Waals surface area contributed by atoms with Crippen molar-refractivity contribution in [3.05, 3.63) is 29.8 Å². The Labute approximate surface area is 149 Å². The molecule has 1 aromatic rings. The van der Waals surface area contributed by atoms with Crippen LogP contribution in [0.5, 0.6) is 5.75 Å². The van der Waals surface area contributed by atoms with Gasteiger partial charge < -0.3 is 15.0 Å². The third-order valence-corrected chi connectivity index (χ3v) is 5.17. The van der Waals surface area contributed by atoms with Crippen molar-refractivity contribution in [2.75, 3.05) is 6.54 Å².